The highest BCUT2D eigenvalue weighted by atomic mass is 35.5. The Morgan fingerprint density at radius 2 is 1.50 bits per heavy atom. The molecule has 0 saturated carbocycles. The number of carbonyl (C=O) groups excluding carboxylic acids is 3. The molecule has 0 aliphatic carbocycles. The van der Waals surface area contributed by atoms with Crippen molar-refractivity contribution in [1.82, 2.24) is 4.57 Å². The molecule has 0 bridgehead atoms. The molecular weight excluding hydrogens is 408 g/mol. The van der Waals surface area contributed by atoms with E-state index in [1.165, 1.54) is 20.4 Å². The normalized spacial score (nSPS) is 10.4. The number of nitrogens with zero attached hydrogens (tertiary/aromatic N) is 1. The smallest absolute Gasteiger partial charge is 0.340 e. The van der Waals surface area contributed by atoms with E-state index in [0.29, 0.717) is 27.5 Å². The fourth-order valence-corrected chi connectivity index (χ4v) is 3.19. The number of hydrogen-bond acceptors (Lipinski definition) is 5. The largest absolute Gasteiger partial charge is 0.465 e. The molecule has 0 aliphatic heterocycles. The van der Waals surface area contributed by atoms with E-state index in [2.05, 4.69) is 5.32 Å². The van der Waals surface area contributed by atoms with E-state index in [-0.39, 0.29) is 17.0 Å². The summed E-state index contributed by atoms with van der Waals surface area (Å²) >= 11 is 5.85. The summed E-state index contributed by atoms with van der Waals surface area (Å²) in [4.78, 5) is 36.8. The lowest BCUT2D eigenvalue weighted by molar-refractivity contribution is 0.0557. The fraction of sp³-hybridized carbons (Fsp3) is 0.136. The molecule has 7 nitrogen and oxygen atoms in total. The Bertz CT molecular complexity index is 1100. The van der Waals surface area contributed by atoms with Gasteiger partial charge in [0.1, 0.15) is 0 Å². The molecule has 1 aromatic heterocycles. The minimum absolute atomic E-state index is 0.113. The molecule has 1 amide bonds. The van der Waals surface area contributed by atoms with Crippen LogP contribution in [0.5, 0.6) is 0 Å². The topological polar surface area (TPSA) is 86.6 Å². The van der Waals surface area contributed by atoms with Crippen LogP contribution in [0.4, 0.5) is 5.69 Å². The number of esters is 2. The first-order valence-electron chi connectivity index (χ1n) is 8.89. The number of halogens is 1. The van der Waals surface area contributed by atoms with Crippen molar-refractivity contribution in [3.63, 3.8) is 0 Å². The van der Waals surface area contributed by atoms with Gasteiger partial charge < -0.3 is 19.4 Å². The summed E-state index contributed by atoms with van der Waals surface area (Å²) in [6, 6.07) is 13.4. The molecule has 0 spiro atoms. The van der Waals surface area contributed by atoms with Crippen molar-refractivity contribution >= 4 is 35.1 Å². The molecule has 0 fully saturated rings. The first kappa shape index (κ1) is 21.1. The van der Waals surface area contributed by atoms with E-state index in [9.17, 15) is 14.4 Å². The second-order valence-corrected chi connectivity index (χ2v) is 6.84. The van der Waals surface area contributed by atoms with E-state index < -0.39 is 11.9 Å². The number of methoxy groups -OCH3 is 2. The van der Waals surface area contributed by atoms with Crippen LogP contribution in [-0.2, 0) is 16.5 Å². The predicted octanol–water partition coefficient (Wildman–Crippen LogP) is 4.17. The SMILES string of the molecule is COC(=O)c1cn(C)c(-c2ccc(NC(=O)c3ccc(Cl)cc3)cc2)c1C(=O)OC. The lowest BCUT2D eigenvalue weighted by atomic mass is 10.0. The maximum atomic E-state index is 12.4. The molecule has 8 heteroatoms. The monoisotopic (exact) mass is 426 g/mol. The van der Waals surface area contributed by atoms with Gasteiger partial charge in [-0.05, 0) is 42.0 Å². The second-order valence-electron chi connectivity index (χ2n) is 6.40. The van der Waals surface area contributed by atoms with E-state index in [0.717, 1.165) is 0 Å². The van der Waals surface area contributed by atoms with E-state index in [4.69, 9.17) is 21.1 Å². The first-order chi connectivity index (χ1) is 14.3. The maximum absolute atomic E-state index is 12.4. The highest BCUT2D eigenvalue weighted by molar-refractivity contribution is 6.30. The van der Waals surface area contributed by atoms with E-state index in [1.807, 2.05) is 0 Å². The van der Waals surface area contributed by atoms with Crippen molar-refractivity contribution < 1.29 is 23.9 Å². The summed E-state index contributed by atoms with van der Waals surface area (Å²) in [6.07, 6.45) is 1.52. The minimum atomic E-state index is -0.647. The zero-order valence-electron chi connectivity index (χ0n) is 16.6. The Kier molecular flexibility index (Phi) is 6.23. The molecule has 0 saturated heterocycles. The third-order valence-corrected chi connectivity index (χ3v) is 4.75. The molecule has 0 atom stereocenters. The Morgan fingerprint density at radius 1 is 0.900 bits per heavy atom. The summed E-state index contributed by atoms with van der Waals surface area (Å²) in [5.41, 5.74) is 2.43. The third-order valence-electron chi connectivity index (χ3n) is 4.50. The molecule has 0 radical (unpaired) electrons. The van der Waals surface area contributed by atoms with Gasteiger partial charge in [0.05, 0.1) is 31.0 Å². The van der Waals surface area contributed by atoms with Crippen molar-refractivity contribution in [2.24, 2.45) is 7.05 Å². The minimum Gasteiger partial charge on any atom is -0.465 e. The summed E-state index contributed by atoms with van der Waals surface area (Å²) in [5, 5.41) is 3.34. The molecule has 1 heterocycles. The van der Waals surface area contributed by atoms with Crippen molar-refractivity contribution in [2.75, 3.05) is 19.5 Å². The molecule has 30 heavy (non-hydrogen) atoms. The first-order valence-corrected chi connectivity index (χ1v) is 9.26. The van der Waals surface area contributed by atoms with Gasteiger partial charge in [0.15, 0.2) is 0 Å². The van der Waals surface area contributed by atoms with Crippen LogP contribution in [0.2, 0.25) is 5.02 Å². The number of aromatic nitrogens is 1. The van der Waals surface area contributed by atoms with Gasteiger partial charge in [-0.2, -0.15) is 0 Å². The highest BCUT2D eigenvalue weighted by Gasteiger charge is 2.27. The van der Waals surface area contributed by atoms with Gasteiger partial charge in [-0.1, -0.05) is 23.7 Å². The maximum Gasteiger partial charge on any atom is 0.340 e. The van der Waals surface area contributed by atoms with Crippen LogP contribution in [0.1, 0.15) is 31.1 Å². The van der Waals surface area contributed by atoms with Crippen LogP contribution in [-0.4, -0.2) is 36.6 Å². The second kappa shape index (κ2) is 8.84. The Labute approximate surface area is 178 Å². The van der Waals surface area contributed by atoms with Crippen molar-refractivity contribution in [3.05, 3.63) is 76.4 Å². The van der Waals surface area contributed by atoms with Gasteiger partial charge >= 0.3 is 11.9 Å². The van der Waals surface area contributed by atoms with Gasteiger partial charge in [0, 0.05) is 29.5 Å². The number of aryl methyl sites for hydroxylation is 1. The van der Waals surface area contributed by atoms with Crippen LogP contribution >= 0.6 is 11.6 Å². The van der Waals surface area contributed by atoms with Gasteiger partial charge in [-0.25, -0.2) is 9.59 Å². The average Bonchev–Trinajstić information content (AvgIpc) is 3.10. The highest BCUT2D eigenvalue weighted by Crippen LogP contribution is 2.30. The van der Waals surface area contributed by atoms with Crippen LogP contribution in [0.15, 0.2) is 54.7 Å². The molecule has 3 rings (SSSR count). The number of carbonyl (C=O) groups is 3. The quantitative estimate of drug-likeness (QED) is 0.619. The van der Waals surface area contributed by atoms with Crippen LogP contribution < -0.4 is 5.32 Å². The van der Waals surface area contributed by atoms with Gasteiger partial charge in [0.2, 0.25) is 0 Å². The molecule has 0 unspecified atom stereocenters. The Morgan fingerprint density at radius 3 is 2.07 bits per heavy atom. The number of benzene rings is 2. The standard InChI is InChI=1S/C22H19ClN2O5/c1-25-12-17(21(27)29-2)18(22(28)30-3)19(25)13-6-10-16(11-7-13)24-20(26)14-4-8-15(23)9-5-14/h4-12H,1-3H3,(H,24,26). The Balaban J connectivity index is 1.91. The lowest BCUT2D eigenvalue weighted by Crippen LogP contribution is -2.12. The summed E-state index contributed by atoms with van der Waals surface area (Å²) in [7, 11) is 4.20. The number of ether oxygens (including phenoxy) is 2. The van der Waals surface area contributed by atoms with Crippen LogP contribution in [0.3, 0.4) is 0 Å². The number of nitrogens with one attached hydrogen (secondary N) is 1. The number of hydrogen-bond donors (Lipinski definition) is 1. The number of amides is 1. The summed E-state index contributed by atoms with van der Waals surface area (Å²) < 4.78 is 11.3. The summed E-state index contributed by atoms with van der Waals surface area (Å²) in [6.45, 7) is 0. The molecule has 1 N–H and O–H groups in total. The molecule has 154 valence electrons. The number of anilines is 1. The fourth-order valence-electron chi connectivity index (χ4n) is 3.06. The lowest BCUT2D eigenvalue weighted by Gasteiger charge is -2.10. The molecule has 0 aliphatic rings. The summed E-state index contributed by atoms with van der Waals surface area (Å²) in [5.74, 6) is -1.56. The van der Waals surface area contributed by atoms with Crippen LogP contribution in [0, 0.1) is 0 Å². The third kappa shape index (κ3) is 4.21. The van der Waals surface area contributed by atoms with Crippen molar-refractivity contribution in [1.29, 1.82) is 0 Å². The van der Waals surface area contributed by atoms with E-state index >= 15 is 0 Å². The number of rotatable bonds is 5. The predicted molar refractivity (Wildman–Crippen MR) is 113 cm³/mol. The molecule has 3 aromatic rings. The van der Waals surface area contributed by atoms with Gasteiger partial charge in [0.25, 0.3) is 5.91 Å². The zero-order chi connectivity index (χ0) is 21.8. The van der Waals surface area contributed by atoms with Crippen molar-refractivity contribution in [3.8, 4) is 11.3 Å². The van der Waals surface area contributed by atoms with E-state index in [1.54, 1.807) is 60.1 Å². The van der Waals surface area contributed by atoms with Crippen LogP contribution in [0.25, 0.3) is 11.3 Å². The molecule has 2 aromatic carbocycles. The Hall–Kier alpha value is -3.58. The van der Waals surface area contributed by atoms with Gasteiger partial charge in [-0.3, -0.25) is 4.79 Å². The van der Waals surface area contributed by atoms with Crippen molar-refractivity contribution in [2.45, 2.75) is 0 Å². The molecular formula is C22H19ClN2O5. The zero-order valence-corrected chi connectivity index (χ0v) is 17.3. The van der Waals surface area contributed by atoms with Gasteiger partial charge in [-0.15, -0.1) is 0 Å². The average molecular weight is 427 g/mol.